The summed E-state index contributed by atoms with van der Waals surface area (Å²) in [4.78, 5) is 0. The average Bonchev–Trinajstić information content (AvgIpc) is 2.56. The van der Waals surface area contributed by atoms with Gasteiger partial charge in [-0.15, -0.1) is 0 Å². The van der Waals surface area contributed by atoms with Crippen molar-refractivity contribution < 1.29 is 39.8 Å². The Labute approximate surface area is 165 Å². The maximum Gasteiger partial charge on any atom is 0.487 e. The number of hydrogen-bond donors (Lipinski definition) is 0. The van der Waals surface area contributed by atoms with Crippen molar-refractivity contribution in [2.45, 2.75) is 47.1 Å². The van der Waals surface area contributed by atoms with E-state index in [2.05, 4.69) is 0 Å². The van der Waals surface area contributed by atoms with Crippen LogP contribution in [0.25, 0.3) is 0 Å². The molecule has 13 heteroatoms. The second kappa shape index (κ2) is 16.5. The molecule has 0 unspecified atom stereocenters. The predicted octanol–water partition coefficient (Wildman–Crippen LogP) is -0.616. The van der Waals surface area contributed by atoms with E-state index in [0.717, 1.165) is 0 Å². The van der Waals surface area contributed by atoms with Gasteiger partial charge in [0, 0.05) is 39.6 Å². The summed E-state index contributed by atoms with van der Waals surface area (Å²) in [5, 5.41) is 0. The number of hydrogen-bond acceptors (Lipinski definition) is 9. The van der Waals surface area contributed by atoms with E-state index in [4.69, 9.17) is 39.8 Å². The fourth-order valence-electron chi connectivity index (χ4n) is 1.77. The maximum absolute atomic E-state index is 6.03. The first kappa shape index (κ1) is 26.5. The van der Waals surface area contributed by atoms with Crippen molar-refractivity contribution >= 4 is 38.8 Å². The minimum absolute atomic E-state index is 0.362. The maximum atomic E-state index is 6.03. The molecule has 0 bridgehead atoms. The van der Waals surface area contributed by atoms with Gasteiger partial charge in [-0.2, -0.15) is 0 Å². The Kier molecular flexibility index (Phi) is 16.8. The zero-order chi connectivity index (χ0) is 19.8. The van der Waals surface area contributed by atoms with E-state index in [9.17, 15) is 0 Å². The topological polar surface area (TPSA) is 83.1 Å². The van der Waals surface area contributed by atoms with E-state index in [1.807, 2.05) is 41.5 Å². The van der Waals surface area contributed by atoms with E-state index in [1.165, 1.54) is 0 Å². The van der Waals surface area contributed by atoms with Gasteiger partial charge in [-0.1, -0.05) is 0 Å². The first-order valence-electron chi connectivity index (χ1n) is 9.21. The molecular weight excluding hydrogens is 412 g/mol. The summed E-state index contributed by atoms with van der Waals surface area (Å²) in [5.74, 6) is 0. The quantitative estimate of drug-likeness (QED) is 0.201. The van der Waals surface area contributed by atoms with Crippen LogP contribution in [0.4, 0.5) is 0 Å². The molecule has 26 heavy (non-hydrogen) atoms. The number of rotatable bonds is 18. The molecule has 0 rings (SSSR count). The molecule has 0 amide bonds. The molecule has 0 aromatic carbocycles. The van der Waals surface area contributed by atoms with Gasteiger partial charge in [-0.25, -0.2) is 0 Å². The van der Waals surface area contributed by atoms with Crippen molar-refractivity contribution in [3.05, 3.63) is 0 Å². The molecular formula is C13H36O9Si4. The Bertz CT molecular complexity index is 266. The van der Waals surface area contributed by atoms with Gasteiger partial charge in [-0.3, -0.25) is 0 Å². The highest BCUT2D eigenvalue weighted by Crippen LogP contribution is 2.18. The van der Waals surface area contributed by atoms with Crippen LogP contribution >= 0.6 is 0 Å². The van der Waals surface area contributed by atoms with Gasteiger partial charge < -0.3 is 39.8 Å². The minimum Gasteiger partial charge on any atom is -0.376 e. The van der Waals surface area contributed by atoms with Gasteiger partial charge in [0.1, 0.15) is 10.2 Å². The second-order valence-corrected chi connectivity index (χ2v) is 10.5. The molecule has 0 spiro atoms. The lowest BCUT2D eigenvalue weighted by Gasteiger charge is -2.36. The summed E-state index contributed by atoms with van der Waals surface area (Å²) in [6, 6.07) is 0. The summed E-state index contributed by atoms with van der Waals surface area (Å²) in [7, 11) is -6.99. The molecule has 0 aliphatic carbocycles. The Morgan fingerprint density at radius 1 is 0.500 bits per heavy atom. The molecule has 0 saturated heterocycles. The smallest absolute Gasteiger partial charge is 0.376 e. The Morgan fingerprint density at radius 3 is 0.846 bits per heavy atom. The largest absolute Gasteiger partial charge is 0.487 e. The van der Waals surface area contributed by atoms with Gasteiger partial charge in [0.05, 0.1) is 0 Å². The van der Waals surface area contributed by atoms with Crippen LogP contribution in [-0.4, -0.2) is 84.1 Å². The van der Waals surface area contributed by atoms with Crippen LogP contribution in [0.1, 0.15) is 41.5 Å². The SMILES string of the molecule is CCO[SiH](OCC)OC([SiH3])(O[SiH](OCC)OCC)O[SiH](OCC)OCC. The third-order valence-corrected chi connectivity index (χ3v) is 10.4. The third kappa shape index (κ3) is 12.1. The summed E-state index contributed by atoms with van der Waals surface area (Å²) in [6.45, 7) is 14.2. The average molecular weight is 449 g/mol. The zero-order valence-corrected chi connectivity index (χ0v) is 22.6. The lowest BCUT2D eigenvalue weighted by atomic mass is 10.9. The molecule has 0 heterocycles. The van der Waals surface area contributed by atoms with E-state index in [0.29, 0.717) is 49.9 Å². The highest BCUT2D eigenvalue weighted by Gasteiger charge is 2.40. The van der Waals surface area contributed by atoms with Crippen molar-refractivity contribution in [3.63, 3.8) is 0 Å². The Hall–Kier alpha value is 0.508. The van der Waals surface area contributed by atoms with Crippen molar-refractivity contribution in [2.24, 2.45) is 0 Å². The molecule has 0 aromatic heterocycles. The van der Waals surface area contributed by atoms with Crippen LogP contribution in [-0.2, 0) is 39.8 Å². The molecule has 0 aliphatic heterocycles. The molecule has 158 valence electrons. The second-order valence-electron chi connectivity index (χ2n) is 4.81. The first-order valence-corrected chi connectivity index (χ1v) is 14.5. The third-order valence-electron chi connectivity index (χ3n) is 2.75. The molecule has 0 aromatic rings. The standard InChI is InChI=1S/C13H36O9Si4/c1-7-14-24(15-8-2)20-13(23,21-25(16-9-3)17-10-4)22-26(18-11-5)19-12-6/h24-26H,7-12H2,1-6,23H3. The van der Waals surface area contributed by atoms with Crippen LogP contribution in [0.15, 0.2) is 0 Å². The van der Waals surface area contributed by atoms with Crippen molar-refractivity contribution in [2.75, 3.05) is 39.6 Å². The zero-order valence-electron chi connectivity index (χ0n) is 17.1. The van der Waals surface area contributed by atoms with E-state index in [1.54, 1.807) is 0 Å². The Morgan fingerprint density at radius 2 is 0.692 bits per heavy atom. The molecule has 0 saturated carbocycles. The molecule has 0 fully saturated rings. The van der Waals surface area contributed by atoms with Crippen LogP contribution < -0.4 is 0 Å². The molecule has 9 nitrogen and oxygen atoms in total. The molecule has 0 radical (unpaired) electrons. The van der Waals surface area contributed by atoms with Crippen LogP contribution in [0, 0.1) is 0 Å². The van der Waals surface area contributed by atoms with Gasteiger partial charge in [0.15, 0.2) is 0 Å². The highest BCUT2D eigenvalue weighted by atomic mass is 28.3. The van der Waals surface area contributed by atoms with Gasteiger partial charge in [-0.05, 0) is 41.5 Å². The van der Waals surface area contributed by atoms with Crippen molar-refractivity contribution in [3.8, 4) is 0 Å². The van der Waals surface area contributed by atoms with E-state index in [-0.39, 0.29) is 0 Å². The highest BCUT2D eigenvalue weighted by molar-refractivity contribution is 6.41. The lowest BCUT2D eigenvalue weighted by molar-refractivity contribution is -0.239. The molecule has 0 aliphatic rings. The van der Waals surface area contributed by atoms with Crippen molar-refractivity contribution in [1.29, 1.82) is 0 Å². The lowest BCUT2D eigenvalue weighted by Crippen LogP contribution is -2.54. The molecule has 0 N–H and O–H groups in total. The van der Waals surface area contributed by atoms with E-state index < -0.39 is 34.2 Å². The molecule has 0 atom stereocenters. The summed E-state index contributed by atoms with van der Waals surface area (Å²) in [6.07, 6.45) is 0. The van der Waals surface area contributed by atoms with Gasteiger partial charge in [0.2, 0.25) is 5.60 Å². The van der Waals surface area contributed by atoms with Crippen LogP contribution in [0.2, 0.25) is 0 Å². The summed E-state index contributed by atoms with van der Waals surface area (Å²) < 4.78 is 51.7. The fraction of sp³-hybridized carbons (Fsp3) is 1.00. The van der Waals surface area contributed by atoms with Crippen LogP contribution in [0.3, 0.4) is 0 Å². The van der Waals surface area contributed by atoms with Crippen molar-refractivity contribution in [1.82, 2.24) is 0 Å². The summed E-state index contributed by atoms with van der Waals surface area (Å²) in [5.41, 5.74) is -1.36. The van der Waals surface area contributed by atoms with Gasteiger partial charge in [0.25, 0.3) is 0 Å². The van der Waals surface area contributed by atoms with E-state index >= 15 is 0 Å². The summed E-state index contributed by atoms with van der Waals surface area (Å²) >= 11 is 0. The van der Waals surface area contributed by atoms with Gasteiger partial charge >= 0.3 is 28.6 Å². The fourth-order valence-corrected chi connectivity index (χ4v) is 7.55. The Balaban J connectivity index is 5.29. The monoisotopic (exact) mass is 448 g/mol. The minimum atomic E-state index is -2.45. The van der Waals surface area contributed by atoms with Crippen LogP contribution in [0.5, 0.6) is 0 Å². The first-order chi connectivity index (χ1) is 12.5. The predicted molar refractivity (Wildman–Crippen MR) is 107 cm³/mol. The normalized spacial score (nSPS) is 12.8.